The second-order valence-electron chi connectivity index (χ2n) is 7.54. The van der Waals surface area contributed by atoms with E-state index in [1.807, 2.05) is 24.3 Å². The van der Waals surface area contributed by atoms with Crippen molar-refractivity contribution in [3.05, 3.63) is 58.6 Å². The first-order chi connectivity index (χ1) is 13.5. The fraction of sp³-hybridized carbons (Fsp3) is 0.364. The number of aromatic nitrogens is 1. The molecule has 0 saturated carbocycles. The summed E-state index contributed by atoms with van der Waals surface area (Å²) in [6.45, 7) is 7.40. The molecule has 4 nitrogen and oxygen atoms in total. The predicted molar refractivity (Wildman–Crippen MR) is 117 cm³/mol. The van der Waals surface area contributed by atoms with Crippen LogP contribution in [0.1, 0.15) is 25.0 Å². The van der Waals surface area contributed by atoms with Gasteiger partial charge in [-0.1, -0.05) is 47.2 Å². The van der Waals surface area contributed by atoms with E-state index >= 15 is 0 Å². The summed E-state index contributed by atoms with van der Waals surface area (Å²) in [6, 6.07) is 17.3. The third kappa shape index (κ3) is 4.00. The molecule has 28 heavy (non-hydrogen) atoms. The Bertz CT molecular complexity index is 1020. The van der Waals surface area contributed by atoms with Gasteiger partial charge in [0.25, 0.3) is 0 Å². The average Bonchev–Trinajstić information content (AvgIpc) is 3.08. The van der Waals surface area contributed by atoms with E-state index < -0.39 is 0 Å². The third-order valence-corrected chi connectivity index (χ3v) is 6.65. The van der Waals surface area contributed by atoms with E-state index in [0.29, 0.717) is 18.5 Å². The third-order valence-electron chi connectivity index (χ3n) is 5.36. The Morgan fingerprint density at radius 3 is 2.79 bits per heavy atom. The summed E-state index contributed by atoms with van der Waals surface area (Å²) in [5, 5.41) is 10.8. The quantitative estimate of drug-likeness (QED) is 0.599. The number of halogens is 1. The maximum Gasteiger partial charge on any atom is 0.186 e. The maximum atomic E-state index is 8.94. The highest BCUT2D eigenvalue weighted by atomic mass is 35.5. The first-order valence-electron chi connectivity index (χ1n) is 9.55. The number of hydrogen-bond donors (Lipinski definition) is 0. The van der Waals surface area contributed by atoms with Crippen LogP contribution in [0.3, 0.4) is 0 Å². The molecular weight excluding hydrogens is 388 g/mol. The minimum atomic E-state index is 0.384. The Balaban J connectivity index is 1.49. The molecule has 0 aliphatic carbocycles. The summed E-state index contributed by atoms with van der Waals surface area (Å²) in [5.74, 6) is 0. The molecule has 2 heterocycles. The fourth-order valence-corrected chi connectivity index (χ4v) is 5.21. The smallest absolute Gasteiger partial charge is 0.186 e. The summed E-state index contributed by atoms with van der Waals surface area (Å²) < 4.78 is 1.14. The van der Waals surface area contributed by atoms with Gasteiger partial charge in [-0.05, 0) is 43.2 Å². The van der Waals surface area contributed by atoms with Crippen LogP contribution in [0.2, 0.25) is 5.02 Å². The lowest BCUT2D eigenvalue weighted by molar-refractivity contribution is 0.158. The highest BCUT2D eigenvalue weighted by Crippen LogP contribution is 2.33. The molecule has 1 aromatic heterocycles. The van der Waals surface area contributed by atoms with Crippen LogP contribution in [0.25, 0.3) is 10.2 Å². The molecule has 144 valence electrons. The second-order valence-corrected chi connectivity index (χ2v) is 8.99. The Morgan fingerprint density at radius 1 is 1.14 bits per heavy atom. The standard InChI is InChI=1S/C22H23ClN4S/c1-15-13-27(22-25-20-7-6-19(23)11-21(20)28-22)16(2)12-26(15)14-18-5-3-4-17(10-18)8-9-24/h3-7,10-11,15-16H,8,12-14H2,1-2H3. The van der Waals surface area contributed by atoms with Gasteiger partial charge in [0.2, 0.25) is 0 Å². The lowest BCUT2D eigenvalue weighted by Gasteiger charge is -2.44. The highest BCUT2D eigenvalue weighted by Gasteiger charge is 2.30. The number of nitrogens with zero attached hydrogens (tertiary/aromatic N) is 4. The van der Waals surface area contributed by atoms with Gasteiger partial charge in [-0.25, -0.2) is 4.98 Å². The first-order valence-corrected chi connectivity index (χ1v) is 10.7. The van der Waals surface area contributed by atoms with E-state index in [1.165, 1.54) is 5.56 Å². The van der Waals surface area contributed by atoms with Crippen molar-refractivity contribution in [1.29, 1.82) is 5.26 Å². The Morgan fingerprint density at radius 2 is 1.96 bits per heavy atom. The number of piperazine rings is 1. The van der Waals surface area contributed by atoms with Gasteiger partial charge in [0, 0.05) is 36.7 Å². The molecule has 0 radical (unpaired) electrons. The van der Waals surface area contributed by atoms with E-state index in [4.69, 9.17) is 21.8 Å². The van der Waals surface area contributed by atoms with Crippen LogP contribution in [0, 0.1) is 11.3 Å². The van der Waals surface area contributed by atoms with Gasteiger partial charge in [-0.3, -0.25) is 4.90 Å². The molecule has 2 unspecified atom stereocenters. The summed E-state index contributed by atoms with van der Waals surface area (Å²) in [5.41, 5.74) is 3.38. The molecule has 1 aliphatic rings. The van der Waals surface area contributed by atoms with Gasteiger partial charge in [0.15, 0.2) is 5.13 Å². The molecule has 2 atom stereocenters. The maximum absolute atomic E-state index is 8.94. The van der Waals surface area contributed by atoms with E-state index in [-0.39, 0.29) is 0 Å². The highest BCUT2D eigenvalue weighted by molar-refractivity contribution is 7.22. The Hall–Kier alpha value is -2.13. The summed E-state index contributed by atoms with van der Waals surface area (Å²) >= 11 is 7.85. The predicted octanol–water partition coefficient (Wildman–Crippen LogP) is 5.11. The van der Waals surface area contributed by atoms with Crippen molar-refractivity contribution in [2.75, 3.05) is 18.0 Å². The van der Waals surface area contributed by atoms with Crippen LogP contribution in [0.4, 0.5) is 5.13 Å². The Labute approximate surface area is 175 Å². The number of thiazole rings is 1. The van der Waals surface area contributed by atoms with Crippen LogP contribution in [-0.2, 0) is 13.0 Å². The number of nitriles is 1. The van der Waals surface area contributed by atoms with Crippen molar-refractivity contribution in [2.45, 2.75) is 38.9 Å². The van der Waals surface area contributed by atoms with Crippen molar-refractivity contribution in [2.24, 2.45) is 0 Å². The average molecular weight is 411 g/mol. The van der Waals surface area contributed by atoms with E-state index in [0.717, 1.165) is 45.6 Å². The van der Waals surface area contributed by atoms with Gasteiger partial charge in [-0.2, -0.15) is 5.26 Å². The van der Waals surface area contributed by atoms with Crippen molar-refractivity contribution in [3.63, 3.8) is 0 Å². The van der Waals surface area contributed by atoms with Gasteiger partial charge >= 0.3 is 0 Å². The molecular formula is C22H23ClN4S. The van der Waals surface area contributed by atoms with Crippen LogP contribution >= 0.6 is 22.9 Å². The van der Waals surface area contributed by atoms with Gasteiger partial charge in [0.1, 0.15) is 0 Å². The molecule has 1 fully saturated rings. The zero-order valence-corrected chi connectivity index (χ0v) is 17.7. The van der Waals surface area contributed by atoms with Crippen LogP contribution < -0.4 is 4.90 Å². The van der Waals surface area contributed by atoms with Gasteiger partial charge in [-0.15, -0.1) is 0 Å². The number of rotatable bonds is 4. The van der Waals surface area contributed by atoms with E-state index in [9.17, 15) is 0 Å². The molecule has 2 aromatic carbocycles. The van der Waals surface area contributed by atoms with E-state index in [2.05, 4.69) is 47.9 Å². The molecule has 1 aliphatic heterocycles. The lowest BCUT2D eigenvalue weighted by atomic mass is 10.1. The first kappa shape index (κ1) is 19.2. The summed E-state index contributed by atoms with van der Waals surface area (Å²) in [6.07, 6.45) is 0.467. The minimum absolute atomic E-state index is 0.384. The number of fused-ring (bicyclic) bond motifs is 1. The Kier molecular flexibility index (Phi) is 5.54. The van der Waals surface area contributed by atoms with Crippen LogP contribution in [0.15, 0.2) is 42.5 Å². The second kappa shape index (κ2) is 8.08. The molecule has 0 N–H and O–H groups in total. The van der Waals surface area contributed by atoms with Crippen molar-refractivity contribution in [3.8, 4) is 6.07 Å². The SMILES string of the molecule is CC1CN(c2nc3ccc(Cl)cc3s2)C(C)CN1Cc1cccc(CC#N)c1. The molecule has 4 rings (SSSR count). The molecule has 0 bridgehead atoms. The zero-order chi connectivity index (χ0) is 19.7. The summed E-state index contributed by atoms with van der Waals surface area (Å²) in [7, 11) is 0. The van der Waals surface area contributed by atoms with Crippen molar-refractivity contribution in [1.82, 2.24) is 9.88 Å². The normalized spacial score (nSPS) is 20.4. The molecule has 0 spiro atoms. The molecule has 1 saturated heterocycles. The molecule has 6 heteroatoms. The van der Waals surface area contributed by atoms with Crippen LogP contribution in [0.5, 0.6) is 0 Å². The van der Waals surface area contributed by atoms with Crippen LogP contribution in [-0.4, -0.2) is 35.1 Å². The number of hydrogen-bond acceptors (Lipinski definition) is 5. The lowest BCUT2D eigenvalue weighted by Crippen LogP contribution is -2.56. The largest absolute Gasteiger partial charge is 0.343 e. The topological polar surface area (TPSA) is 43.2 Å². The van der Waals surface area contributed by atoms with Gasteiger partial charge in [0.05, 0.1) is 22.7 Å². The van der Waals surface area contributed by atoms with Crippen molar-refractivity contribution >= 4 is 38.3 Å². The van der Waals surface area contributed by atoms with Gasteiger partial charge < -0.3 is 4.90 Å². The molecule has 0 amide bonds. The summed E-state index contributed by atoms with van der Waals surface area (Å²) in [4.78, 5) is 9.79. The number of benzene rings is 2. The minimum Gasteiger partial charge on any atom is -0.343 e. The monoisotopic (exact) mass is 410 g/mol. The number of anilines is 1. The zero-order valence-electron chi connectivity index (χ0n) is 16.1. The van der Waals surface area contributed by atoms with Crippen molar-refractivity contribution < 1.29 is 0 Å². The fourth-order valence-electron chi connectivity index (χ4n) is 3.86. The molecule has 3 aromatic rings. The van der Waals surface area contributed by atoms with E-state index in [1.54, 1.807) is 11.3 Å².